The van der Waals surface area contributed by atoms with Crippen molar-refractivity contribution in [2.24, 2.45) is 0 Å². The van der Waals surface area contributed by atoms with E-state index in [9.17, 15) is 0 Å². The molecule has 0 N–H and O–H groups in total. The second kappa shape index (κ2) is 4.85. The Labute approximate surface area is 109 Å². The summed E-state index contributed by atoms with van der Waals surface area (Å²) >= 11 is 0. The molecule has 0 amide bonds. The molecule has 92 valence electrons. The Morgan fingerprint density at radius 2 is 2.00 bits per heavy atom. The third kappa shape index (κ3) is 1.90. The Morgan fingerprint density at radius 3 is 2.89 bits per heavy atom. The SMILES string of the molecule is C=CCCCc1ccc2n1-c1ccccc1CC2. The van der Waals surface area contributed by atoms with Crippen LogP contribution >= 0.6 is 0 Å². The molecule has 1 heteroatoms. The summed E-state index contributed by atoms with van der Waals surface area (Å²) in [4.78, 5) is 0. The largest absolute Gasteiger partial charge is 0.318 e. The average Bonchev–Trinajstić information content (AvgIpc) is 2.83. The number of hydrogen-bond donors (Lipinski definition) is 0. The van der Waals surface area contributed by atoms with Gasteiger partial charge in [-0.25, -0.2) is 0 Å². The third-order valence-electron chi connectivity index (χ3n) is 3.77. The number of allylic oxidation sites excluding steroid dienone is 1. The Hall–Kier alpha value is -1.76. The van der Waals surface area contributed by atoms with E-state index >= 15 is 0 Å². The number of nitrogens with zero attached hydrogens (tertiary/aromatic N) is 1. The van der Waals surface area contributed by atoms with Gasteiger partial charge in [0, 0.05) is 17.1 Å². The lowest BCUT2D eigenvalue weighted by atomic mass is 10.0. The minimum absolute atomic E-state index is 1.10. The monoisotopic (exact) mass is 237 g/mol. The quantitative estimate of drug-likeness (QED) is 0.557. The highest BCUT2D eigenvalue weighted by Gasteiger charge is 2.17. The van der Waals surface area contributed by atoms with Gasteiger partial charge in [0.25, 0.3) is 0 Å². The molecule has 0 saturated carbocycles. The average molecular weight is 237 g/mol. The second-order valence-electron chi connectivity index (χ2n) is 4.96. The van der Waals surface area contributed by atoms with Gasteiger partial charge in [0.15, 0.2) is 0 Å². The number of aryl methyl sites for hydroxylation is 3. The summed E-state index contributed by atoms with van der Waals surface area (Å²) < 4.78 is 2.46. The van der Waals surface area contributed by atoms with Crippen molar-refractivity contribution >= 4 is 0 Å². The molecular formula is C17H19N. The summed E-state index contributed by atoms with van der Waals surface area (Å²) in [5.74, 6) is 0. The Bertz CT molecular complexity index is 563. The molecule has 0 bridgehead atoms. The molecule has 0 spiro atoms. The molecule has 0 unspecified atom stereocenters. The smallest absolute Gasteiger partial charge is 0.0487 e. The lowest BCUT2D eigenvalue weighted by molar-refractivity contribution is 0.741. The van der Waals surface area contributed by atoms with Crippen molar-refractivity contribution in [1.29, 1.82) is 0 Å². The van der Waals surface area contributed by atoms with Gasteiger partial charge < -0.3 is 4.57 Å². The van der Waals surface area contributed by atoms with Gasteiger partial charge in [-0.2, -0.15) is 0 Å². The summed E-state index contributed by atoms with van der Waals surface area (Å²) in [6.45, 7) is 3.80. The first-order valence-electron chi connectivity index (χ1n) is 6.79. The third-order valence-corrected chi connectivity index (χ3v) is 3.77. The Balaban J connectivity index is 1.97. The van der Waals surface area contributed by atoms with Crippen LogP contribution in [0.15, 0.2) is 49.1 Å². The fourth-order valence-corrected chi connectivity index (χ4v) is 2.86. The van der Waals surface area contributed by atoms with Gasteiger partial charge in [0.2, 0.25) is 0 Å². The lowest BCUT2D eigenvalue weighted by Crippen LogP contribution is -2.13. The highest BCUT2D eigenvalue weighted by Crippen LogP contribution is 2.28. The molecule has 0 atom stereocenters. The zero-order chi connectivity index (χ0) is 12.4. The molecule has 0 fully saturated rings. The summed E-state index contributed by atoms with van der Waals surface area (Å²) in [6.07, 6.45) is 7.77. The molecule has 0 radical (unpaired) electrons. The van der Waals surface area contributed by atoms with Gasteiger partial charge in [0.05, 0.1) is 0 Å². The summed E-state index contributed by atoms with van der Waals surface area (Å²) in [7, 11) is 0. The van der Waals surface area contributed by atoms with E-state index in [2.05, 4.69) is 47.5 Å². The highest BCUT2D eigenvalue weighted by molar-refractivity contribution is 5.48. The van der Waals surface area contributed by atoms with Gasteiger partial charge in [0.1, 0.15) is 0 Å². The lowest BCUT2D eigenvalue weighted by Gasteiger charge is -2.22. The van der Waals surface area contributed by atoms with Gasteiger partial charge in [-0.3, -0.25) is 0 Å². The first-order valence-corrected chi connectivity index (χ1v) is 6.79. The van der Waals surface area contributed by atoms with E-state index in [4.69, 9.17) is 0 Å². The first kappa shape index (κ1) is 11.3. The topological polar surface area (TPSA) is 4.93 Å². The van der Waals surface area contributed by atoms with Crippen molar-refractivity contribution in [3.05, 3.63) is 66.0 Å². The number of aromatic nitrogens is 1. The van der Waals surface area contributed by atoms with Crippen LogP contribution in [-0.2, 0) is 19.3 Å². The molecule has 3 rings (SSSR count). The van der Waals surface area contributed by atoms with E-state index < -0.39 is 0 Å². The van der Waals surface area contributed by atoms with Crippen LogP contribution in [0.5, 0.6) is 0 Å². The van der Waals surface area contributed by atoms with Crippen LogP contribution in [0.1, 0.15) is 29.8 Å². The number of rotatable bonds is 4. The van der Waals surface area contributed by atoms with Crippen LogP contribution in [0.3, 0.4) is 0 Å². The number of hydrogen-bond acceptors (Lipinski definition) is 0. The van der Waals surface area contributed by atoms with E-state index in [0.717, 1.165) is 12.8 Å². The van der Waals surface area contributed by atoms with Crippen molar-refractivity contribution in [3.63, 3.8) is 0 Å². The van der Waals surface area contributed by atoms with Crippen LogP contribution < -0.4 is 0 Å². The van der Waals surface area contributed by atoms with Gasteiger partial charge in [-0.05, 0) is 55.9 Å². The molecule has 1 aromatic heterocycles. The maximum Gasteiger partial charge on any atom is 0.0487 e. The van der Waals surface area contributed by atoms with E-state index in [0.29, 0.717) is 0 Å². The molecule has 0 saturated heterocycles. The van der Waals surface area contributed by atoms with Gasteiger partial charge >= 0.3 is 0 Å². The maximum absolute atomic E-state index is 3.80. The fraction of sp³-hybridized carbons (Fsp3) is 0.294. The zero-order valence-corrected chi connectivity index (χ0v) is 10.7. The summed E-state index contributed by atoms with van der Waals surface area (Å²) in [5.41, 5.74) is 5.77. The van der Waals surface area contributed by atoms with Crippen LogP contribution in [0, 0.1) is 0 Å². The minimum Gasteiger partial charge on any atom is -0.318 e. The molecule has 2 aromatic rings. The number of fused-ring (bicyclic) bond motifs is 3. The van der Waals surface area contributed by atoms with Gasteiger partial charge in [-0.15, -0.1) is 6.58 Å². The predicted molar refractivity (Wildman–Crippen MR) is 76.3 cm³/mol. The molecule has 1 aromatic carbocycles. The first-order chi connectivity index (χ1) is 8.90. The Morgan fingerprint density at radius 1 is 1.11 bits per heavy atom. The molecular weight excluding hydrogens is 218 g/mol. The molecule has 1 aliphatic heterocycles. The Kier molecular flexibility index (Phi) is 3.06. The fourth-order valence-electron chi connectivity index (χ4n) is 2.86. The van der Waals surface area contributed by atoms with Gasteiger partial charge in [-0.1, -0.05) is 24.3 Å². The van der Waals surface area contributed by atoms with Crippen LogP contribution in [0.25, 0.3) is 5.69 Å². The normalized spacial score (nSPS) is 12.9. The number of benzene rings is 1. The van der Waals surface area contributed by atoms with Crippen molar-refractivity contribution in [3.8, 4) is 5.69 Å². The molecule has 0 aliphatic carbocycles. The predicted octanol–water partition coefficient (Wildman–Crippen LogP) is 4.08. The summed E-state index contributed by atoms with van der Waals surface area (Å²) in [6, 6.07) is 13.4. The molecule has 1 nitrogen and oxygen atoms in total. The molecule has 2 heterocycles. The molecule has 1 aliphatic rings. The molecule has 18 heavy (non-hydrogen) atoms. The van der Waals surface area contributed by atoms with E-state index in [1.165, 1.54) is 41.9 Å². The van der Waals surface area contributed by atoms with Crippen molar-refractivity contribution in [1.82, 2.24) is 4.57 Å². The second-order valence-corrected chi connectivity index (χ2v) is 4.96. The number of para-hydroxylation sites is 1. The van der Waals surface area contributed by atoms with Crippen LogP contribution in [0.4, 0.5) is 0 Å². The van der Waals surface area contributed by atoms with E-state index in [1.54, 1.807) is 0 Å². The standard InChI is InChI=1S/C17H19N/c1-2-3-4-8-15-12-13-16-11-10-14-7-5-6-9-17(14)18(15)16/h2,5-7,9,12-13H,1,3-4,8,10-11H2. The highest BCUT2D eigenvalue weighted by atomic mass is 15.0. The van der Waals surface area contributed by atoms with Crippen LogP contribution in [0.2, 0.25) is 0 Å². The van der Waals surface area contributed by atoms with E-state index in [1.807, 2.05) is 6.08 Å². The summed E-state index contributed by atoms with van der Waals surface area (Å²) in [5, 5.41) is 0. The zero-order valence-electron chi connectivity index (χ0n) is 10.7. The van der Waals surface area contributed by atoms with Crippen molar-refractivity contribution < 1.29 is 0 Å². The van der Waals surface area contributed by atoms with Crippen molar-refractivity contribution in [2.45, 2.75) is 32.1 Å². The number of unbranched alkanes of at least 4 members (excludes halogenated alkanes) is 1. The van der Waals surface area contributed by atoms with E-state index in [-0.39, 0.29) is 0 Å². The van der Waals surface area contributed by atoms with Crippen molar-refractivity contribution in [2.75, 3.05) is 0 Å². The maximum atomic E-state index is 3.80. The van der Waals surface area contributed by atoms with Crippen LogP contribution in [-0.4, -0.2) is 4.57 Å². The minimum atomic E-state index is 1.10.